The summed E-state index contributed by atoms with van der Waals surface area (Å²) in [6.45, 7) is 6.28. The highest BCUT2D eigenvalue weighted by Gasteiger charge is 2.25. The third kappa shape index (κ3) is 6.05. The van der Waals surface area contributed by atoms with Crippen LogP contribution in [0.5, 0.6) is 0 Å². The Morgan fingerprint density at radius 1 is 0.931 bits per heavy atom. The van der Waals surface area contributed by atoms with Gasteiger partial charge in [-0.05, 0) is 63.5 Å². The maximum Gasteiger partial charge on any atom is 0.414 e. The Hall–Kier alpha value is -2.38. The summed E-state index contributed by atoms with van der Waals surface area (Å²) in [5.74, 6) is -3.65. The SMILES string of the molecule is O=C(O)C(=O)O.c1ccc2c(CN3CCC(N4CCCCCC4)CC3)c[nH]c2c1. The first kappa shape index (κ1) is 21.3. The number of rotatable bonds is 3. The van der Waals surface area contributed by atoms with E-state index in [4.69, 9.17) is 19.8 Å². The van der Waals surface area contributed by atoms with Gasteiger partial charge in [-0.15, -0.1) is 0 Å². The molecule has 7 nitrogen and oxygen atoms in total. The van der Waals surface area contributed by atoms with Gasteiger partial charge in [0, 0.05) is 29.7 Å². The second-order valence-corrected chi connectivity index (χ2v) is 7.93. The molecule has 3 heterocycles. The van der Waals surface area contributed by atoms with Gasteiger partial charge in [-0.1, -0.05) is 31.0 Å². The smallest absolute Gasteiger partial charge is 0.414 e. The van der Waals surface area contributed by atoms with Gasteiger partial charge in [-0.25, -0.2) is 9.59 Å². The monoisotopic (exact) mass is 401 g/mol. The highest BCUT2D eigenvalue weighted by molar-refractivity contribution is 6.27. The summed E-state index contributed by atoms with van der Waals surface area (Å²) in [6.07, 6.45) is 10.6. The summed E-state index contributed by atoms with van der Waals surface area (Å²) in [5.41, 5.74) is 2.72. The Morgan fingerprint density at radius 2 is 1.55 bits per heavy atom. The normalized spacial score (nSPS) is 19.3. The second kappa shape index (κ2) is 10.4. The van der Waals surface area contributed by atoms with E-state index in [1.54, 1.807) is 0 Å². The lowest BCUT2D eigenvalue weighted by Gasteiger charge is -2.38. The molecule has 2 aliphatic heterocycles. The number of aliphatic carboxylic acids is 2. The van der Waals surface area contributed by atoms with Gasteiger partial charge in [-0.2, -0.15) is 0 Å². The van der Waals surface area contributed by atoms with Crippen LogP contribution in [0.25, 0.3) is 10.9 Å². The molecular formula is C22H31N3O4. The van der Waals surface area contributed by atoms with E-state index in [-0.39, 0.29) is 0 Å². The number of piperidine rings is 1. The van der Waals surface area contributed by atoms with E-state index in [2.05, 4.69) is 45.2 Å². The summed E-state index contributed by atoms with van der Waals surface area (Å²) in [7, 11) is 0. The molecule has 0 bridgehead atoms. The van der Waals surface area contributed by atoms with Crippen molar-refractivity contribution in [2.24, 2.45) is 0 Å². The summed E-state index contributed by atoms with van der Waals surface area (Å²) in [5, 5.41) is 16.2. The third-order valence-corrected chi connectivity index (χ3v) is 5.97. The third-order valence-electron chi connectivity index (χ3n) is 5.97. The van der Waals surface area contributed by atoms with Crippen LogP contribution in [0.15, 0.2) is 30.5 Å². The predicted molar refractivity (Wildman–Crippen MR) is 112 cm³/mol. The van der Waals surface area contributed by atoms with E-state index in [0.717, 1.165) is 12.6 Å². The van der Waals surface area contributed by atoms with Gasteiger partial charge in [0.2, 0.25) is 0 Å². The first-order chi connectivity index (χ1) is 14.0. The van der Waals surface area contributed by atoms with E-state index in [1.807, 2.05) is 0 Å². The largest absolute Gasteiger partial charge is 0.473 e. The van der Waals surface area contributed by atoms with Crippen molar-refractivity contribution >= 4 is 22.8 Å². The van der Waals surface area contributed by atoms with Crippen molar-refractivity contribution < 1.29 is 19.8 Å². The average Bonchev–Trinajstić information content (AvgIpc) is 2.94. The summed E-state index contributed by atoms with van der Waals surface area (Å²) < 4.78 is 0. The molecule has 2 saturated heterocycles. The number of likely N-dealkylation sites (tertiary alicyclic amines) is 2. The highest BCUT2D eigenvalue weighted by Crippen LogP contribution is 2.24. The van der Waals surface area contributed by atoms with Gasteiger partial charge in [0.1, 0.15) is 0 Å². The van der Waals surface area contributed by atoms with Crippen LogP contribution < -0.4 is 0 Å². The Kier molecular flexibility index (Phi) is 7.66. The lowest BCUT2D eigenvalue weighted by Crippen LogP contribution is -2.44. The van der Waals surface area contributed by atoms with Crippen molar-refractivity contribution in [3.8, 4) is 0 Å². The molecule has 2 aromatic rings. The minimum Gasteiger partial charge on any atom is -0.473 e. The molecular weight excluding hydrogens is 370 g/mol. The number of benzene rings is 1. The zero-order valence-corrected chi connectivity index (χ0v) is 16.8. The van der Waals surface area contributed by atoms with Gasteiger partial charge < -0.3 is 20.1 Å². The predicted octanol–water partition coefficient (Wildman–Crippen LogP) is 3.16. The number of fused-ring (bicyclic) bond motifs is 1. The van der Waals surface area contributed by atoms with E-state index >= 15 is 0 Å². The Balaban J connectivity index is 0.000000353. The van der Waals surface area contributed by atoms with Crippen molar-refractivity contribution in [2.45, 2.75) is 51.1 Å². The number of hydrogen-bond acceptors (Lipinski definition) is 4. The maximum absolute atomic E-state index is 9.10. The van der Waals surface area contributed by atoms with Crippen LogP contribution >= 0.6 is 0 Å². The van der Waals surface area contributed by atoms with Crippen molar-refractivity contribution in [3.63, 3.8) is 0 Å². The van der Waals surface area contributed by atoms with Crippen LogP contribution in [0.3, 0.4) is 0 Å². The molecule has 1 aromatic heterocycles. The molecule has 7 heteroatoms. The number of nitrogens with one attached hydrogen (secondary N) is 1. The van der Waals surface area contributed by atoms with Crippen LogP contribution in [0.4, 0.5) is 0 Å². The topological polar surface area (TPSA) is 96.9 Å². The average molecular weight is 402 g/mol. The molecule has 2 fully saturated rings. The van der Waals surface area contributed by atoms with Crippen LogP contribution in [0.2, 0.25) is 0 Å². The van der Waals surface area contributed by atoms with Crippen LogP contribution in [-0.4, -0.2) is 69.2 Å². The van der Waals surface area contributed by atoms with Crippen LogP contribution in [0.1, 0.15) is 44.1 Å². The molecule has 158 valence electrons. The maximum atomic E-state index is 9.10. The number of aromatic amines is 1. The van der Waals surface area contributed by atoms with Crippen molar-refractivity contribution in [3.05, 3.63) is 36.0 Å². The molecule has 4 rings (SSSR count). The molecule has 0 atom stereocenters. The summed E-state index contributed by atoms with van der Waals surface area (Å²) in [6, 6.07) is 9.50. The van der Waals surface area contributed by atoms with Crippen LogP contribution in [-0.2, 0) is 16.1 Å². The number of para-hydroxylation sites is 1. The lowest BCUT2D eigenvalue weighted by atomic mass is 10.0. The van der Waals surface area contributed by atoms with E-state index in [1.165, 1.54) is 81.2 Å². The Labute approximate surface area is 171 Å². The van der Waals surface area contributed by atoms with E-state index in [0.29, 0.717) is 0 Å². The molecule has 0 spiro atoms. The Bertz CT molecular complexity index is 791. The molecule has 2 aliphatic rings. The lowest BCUT2D eigenvalue weighted by molar-refractivity contribution is -0.159. The number of aromatic nitrogens is 1. The zero-order valence-electron chi connectivity index (χ0n) is 16.8. The molecule has 0 radical (unpaired) electrons. The van der Waals surface area contributed by atoms with Gasteiger partial charge in [-0.3, -0.25) is 4.90 Å². The van der Waals surface area contributed by atoms with Gasteiger partial charge >= 0.3 is 11.9 Å². The number of carboxylic acids is 2. The summed E-state index contributed by atoms with van der Waals surface area (Å²) in [4.78, 5) is 27.0. The first-order valence-corrected chi connectivity index (χ1v) is 10.5. The number of carbonyl (C=O) groups is 2. The fourth-order valence-corrected chi connectivity index (χ4v) is 4.41. The van der Waals surface area contributed by atoms with Crippen molar-refractivity contribution in [1.82, 2.24) is 14.8 Å². The molecule has 0 unspecified atom stereocenters. The Morgan fingerprint density at radius 3 is 2.17 bits per heavy atom. The van der Waals surface area contributed by atoms with Crippen molar-refractivity contribution in [2.75, 3.05) is 26.2 Å². The zero-order chi connectivity index (χ0) is 20.6. The first-order valence-electron chi connectivity index (χ1n) is 10.5. The molecule has 0 saturated carbocycles. The van der Waals surface area contributed by atoms with Crippen LogP contribution in [0, 0.1) is 0 Å². The number of carboxylic acid groups (broad SMARTS) is 2. The molecule has 1 aromatic carbocycles. The highest BCUT2D eigenvalue weighted by atomic mass is 16.4. The van der Waals surface area contributed by atoms with E-state index < -0.39 is 11.9 Å². The van der Waals surface area contributed by atoms with E-state index in [9.17, 15) is 0 Å². The number of hydrogen-bond donors (Lipinski definition) is 3. The van der Waals surface area contributed by atoms with Gasteiger partial charge in [0.15, 0.2) is 0 Å². The van der Waals surface area contributed by atoms with Gasteiger partial charge in [0.25, 0.3) is 0 Å². The molecule has 3 N–H and O–H groups in total. The quantitative estimate of drug-likeness (QED) is 0.684. The molecule has 0 aliphatic carbocycles. The minimum absolute atomic E-state index is 0.840. The summed E-state index contributed by atoms with van der Waals surface area (Å²) >= 11 is 0. The number of nitrogens with zero attached hydrogens (tertiary/aromatic N) is 2. The van der Waals surface area contributed by atoms with Crippen molar-refractivity contribution in [1.29, 1.82) is 0 Å². The standard InChI is InChI=1S/C20H29N3.C2H2O4/c1-2-6-12-23(11-5-1)18-9-13-22(14-10-18)16-17-15-21-20-8-4-3-7-19(17)20;3-1(4)2(5)6/h3-4,7-8,15,18,21H,1-2,5-6,9-14,16H2;(H,3,4)(H,5,6). The molecule has 29 heavy (non-hydrogen) atoms. The fraction of sp³-hybridized carbons (Fsp3) is 0.545. The fourth-order valence-electron chi connectivity index (χ4n) is 4.41. The molecule has 0 amide bonds. The minimum atomic E-state index is -1.82. The van der Waals surface area contributed by atoms with Gasteiger partial charge in [0.05, 0.1) is 0 Å². The number of H-pyrrole nitrogens is 1. The second-order valence-electron chi connectivity index (χ2n) is 7.93.